The minimum absolute atomic E-state index is 0.0871. The van der Waals surface area contributed by atoms with Gasteiger partial charge in [-0.05, 0) is 55.3 Å². The molecule has 3 amide bonds. The molecular formula is C28H26N4O3. The minimum Gasteiger partial charge on any atom is -0.467 e. The Kier molecular flexibility index (Phi) is 4.99. The van der Waals surface area contributed by atoms with Gasteiger partial charge in [-0.25, -0.2) is 4.79 Å². The molecule has 6 rings (SSSR count). The van der Waals surface area contributed by atoms with Crippen LogP contribution in [-0.2, 0) is 6.42 Å². The van der Waals surface area contributed by atoms with Crippen LogP contribution in [0.4, 0.5) is 10.5 Å². The number of ether oxygens (including phenoxy) is 1. The molecule has 2 aliphatic heterocycles. The highest BCUT2D eigenvalue weighted by Crippen LogP contribution is 2.45. The van der Waals surface area contributed by atoms with Gasteiger partial charge in [-0.1, -0.05) is 36.4 Å². The lowest BCUT2D eigenvalue weighted by Crippen LogP contribution is -2.65. The Balaban J connectivity index is 1.14. The zero-order chi connectivity index (χ0) is 24.0. The van der Waals surface area contributed by atoms with Crippen LogP contribution >= 0.6 is 0 Å². The molecule has 2 aliphatic rings. The van der Waals surface area contributed by atoms with E-state index < -0.39 is 5.72 Å². The van der Waals surface area contributed by atoms with E-state index in [0.29, 0.717) is 24.2 Å². The van der Waals surface area contributed by atoms with Crippen molar-refractivity contribution in [2.75, 3.05) is 11.4 Å². The molecule has 4 aromatic rings. The lowest BCUT2D eigenvalue weighted by molar-refractivity contribution is 0.0379. The molecule has 2 bridgehead atoms. The molecule has 7 nitrogen and oxygen atoms in total. The van der Waals surface area contributed by atoms with Crippen molar-refractivity contribution >= 4 is 28.5 Å². The molecule has 0 saturated carbocycles. The average Bonchev–Trinajstić information content (AvgIpc) is 3.27. The number of urea groups is 1. The highest BCUT2D eigenvalue weighted by Gasteiger charge is 2.49. The monoisotopic (exact) mass is 466 g/mol. The predicted molar refractivity (Wildman–Crippen MR) is 135 cm³/mol. The molecule has 0 aliphatic carbocycles. The van der Waals surface area contributed by atoms with Gasteiger partial charge >= 0.3 is 6.03 Å². The third kappa shape index (κ3) is 3.69. The highest BCUT2D eigenvalue weighted by atomic mass is 16.5. The van der Waals surface area contributed by atoms with Gasteiger partial charge in [-0.3, -0.25) is 9.69 Å². The zero-order valence-corrected chi connectivity index (χ0v) is 19.4. The third-order valence-electron chi connectivity index (χ3n) is 6.92. The van der Waals surface area contributed by atoms with Crippen molar-refractivity contribution in [2.45, 2.75) is 31.5 Å². The Labute approximate surface area is 203 Å². The number of carbonyl (C=O) groups excluding carboxylic acids is 2. The van der Waals surface area contributed by atoms with Crippen LogP contribution in [0.3, 0.4) is 0 Å². The van der Waals surface area contributed by atoms with E-state index >= 15 is 0 Å². The van der Waals surface area contributed by atoms with Crippen molar-refractivity contribution in [3.8, 4) is 5.75 Å². The number of anilines is 1. The van der Waals surface area contributed by atoms with E-state index in [9.17, 15) is 9.59 Å². The van der Waals surface area contributed by atoms with E-state index in [4.69, 9.17) is 4.74 Å². The Morgan fingerprint density at radius 3 is 2.71 bits per heavy atom. The smallest absolute Gasteiger partial charge is 0.325 e. The quantitative estimate of drug-likeness (QED) is 0.391. The van der Waals surface area contributed by atoms with Crippen molar-refractivity contribution in [1.82, 2.24) is 15.6 Å². The minimum atomic E-state index is -0.815. The molecule has 3 aromatic carbocycles. The maximum atomic E-state index is 13.0. The first-order valence-electron chi connectivity index (χ1n) is 11.8. The largest absolute Gasteiger partial charge is 0.467 e. The fourth-order valence-corrected chi connectivity index (χ4v) is 5.23. The molecule has 3 N–H and O–H groups in total. The summed E-state index contributed by atoms with van der Waals surface area (Å²) in [7, 11) is 0. The molecule has 1 aromatic heterocycles. The average molecular weight is 467 g/mol. The number of rotatable bonds is 5. The number of benzene rings is 3. The fraction of sp³-hybridized carbons (Fsp3) is 0.214. The summed E-state index contributed by atoms with van der Waals surface area (Å²) in [6, 6.07) is 22.7. The first-order chi connectivity index (χ1) is 17.0. The van der Waals surface area contributed by atoms with Crippen LogP contribution in [0, 0.1) is 0 Å². The van der Waals surface area contributed by atoms with E-state index in [1.807, 2.05) is 55.6 Å². The van der Waals surface area contributed by atoms with Gasteiger partial charge in [0.05, 0.1) is 6.04 Å². The van der Waals surface area contributed by atoms with Crippen molar-refractivity contribution in [1.29, 1.82) is 0 Å². The molecular weight excluding hydrogens is 440 g/mol. The van der Waals surface area contributed by atoms with E-state index in [2.05, 4.69) is 21.7 Å². The summed E-state index contributed by atoms with van der Waals surface area (Å²) in [4.78, 5) is 30.7. The van der Waals surface area contributed by atoms with Crippen LogP contribution in [0.25, 0.3) is 10.9 Å². The number of H-pyrrole nitrogens is 1. The molecule has 2 unspecified atom stereocenters. The Morgan fingerprint density at radius 2 is 1.86 bits per heavy atom. The number of fused-ring (bicyclic) bond motifs is 5. The molecule has 2 atom stereocenters. The number of carbonyl (C=O) groups is 2. The van der Waals surface area contributed by atoms with Crippen LogP contribution in [0.15, 0.2) is 79.0 Å². The van der Waals surface area contributed by atoms with Crippen LogP contribution < -0.4 is 20.3 Å². The molecule has 1 saturated heterocycles. The number of amides is 3. The van der Waals surface area contributed by atoms with Gasteiger partial charge in [0, 0.05) is 46.9 Å². The Bertz CT molecular complexity index is 1430. The second-order valence-corrected chi connectivity index (χ2v) is 9.27. The van der Waals surface area contributed by atoms with E-state index in [0.717, 1.165) is 23.3 Å². The summed E-state index contributed by atoms with van der Waals surface area (Å²) in [5, 5.41) is 7.26. The SMILES string of the molecule is CC12CC(NC(=O)N1c1ccc(C(=O)NCCc3c[nH]c4ccccc34)cc1)c1ccccc1O2. The van der Waals surface area contributed by atoms with Crippen LogP contribution in [0.5, 0.6) is 5.75 Å². The molecule has 0 spiro atoms. The zero-order valence-electron chi connectivity index (χ0n) is 19.4. The molecule has 0 radical (unpaired) electrons. The Morgan fingerprint density at radius 1 is 1.09 bits per heavy atom. The van der Waals surface area contributed by atoms with Crippen molar-refractivity contribution in [3.63, 3.8) is 0 Å². The van der Waals surface area contributed by atoms with Gasteiger partial charge in [-0.2, -0.15) is 0 Å². The van der Waals surface area contributed by atoms with E-state index in [1.165, 1.54) is 10.9 Å². The van der Waals surface area contributed by atoms with Gasteiger partial charge in [0.2, 0.25) is 0 Å². The summed E-state index contributed by atoms with van der Waals surface area (Å²) >= 11 is 0. The normalized spacial score (nSPS) is 20.7. The maximum absolute atomic E-state index is 13.0. The number of aromatic nitrogens is 1. The lowest BCUT2D eigenvalue weighted by Gasteiger charge is -2.50. The molecule has 3 heterocycles. The summed E-state index contributed by atoms with van der Waals surface area (Å²) in [6.07, 6.45) is 3.36. The standard InChI is InChI=1S/C28H26N4O3/c1-28-16-24(22-7-3-5-9-25(22)35-28)31-27(34)32(28)20-12-10-18(11-13-20)26(33)29-15-14-19-17-30-23-8-4-2-6-21(19)23/h2-13,17,24,30H,14-16H2,1H3,(H,29,33)(H,31,34). The van der Waals surface area contributed by atoms with Crippen LogP contribution in [0.1, 0.15) is 40.9 Å². The van der Waals surface area contributed by atoms with Gasteiger partial charge < -0.3 is 20.4 Å². The molecule has 7 heteroatoms. The van der Waals surface area contributed by atoms with Gasteiger partial charge in [0.15, 0.2) is 5.72 Å². The number of para-hydroxylation sites is 2. The van der Waals surface area contributed by atoms with Gasteiger partial charge in [0.25, 0.3) is 5.91 Å². The summed E-state index contributed by atoms with van der Waals surface area (Å²) < 4.78 is 6.31. The summed E-state index contributed by atoms with van der Waals surface area (Å²) in [6.45, 7) is 2.46. The van der Waals surface area contributed by atoms with E-state index in [1.54, 1.807) is 29.2 Å². The van der Waals surface area contributed by atoms with Crippen molar-refractivity contribution in [3.05, 3.63) is 95.7 Å². The molecule has 1 fully saturated rings. The number of hydrogen-bond acceptors (Lipinski definition) is 3. The third-order valence-corrected chi connectivity index (χ3v) is 6.92. The first-order valence-corrected chi connectivity index (χ1v) is 11.8. The number of nitrogens with one attached hydrogen (secondary N) is 3. The first kappa shape index (κ1) is 21.3. The van der Waals surface area contributed by atoms with Crippen LogP contribution in [0.2, 0.25) is 0 Å². The second kappa shape index (κ2) is 8.20. The maximum Gasteiger partial charge on any atom is 0.325 e. The summed E-state index contributed by atoms with van der Waals surface area (Å²) in [5.41, 5.74) is 3.67. The number of aromatic amines is 1. The van der Waals surface area contributed by atoms with Crippen molar-refractivity contribution < 1.29 is 14.3 Å². The topological polar surface area (TPSA) is 86.5 Å². The number of hydrogen-bond donors (Lipinski definition) is 3. The van der Waals surface area contributed by atoms with Gasteiger partial charge in [-0.15, -0.1) is 0 Å². The molecule has 176 valence electrons. The number of nitrogens with zero attached hydrogens (tertiary/aromatic N) is 1. The van der Waals surface area contributed by atoms with Crippen molar-refractivity contribution in [2.24, 2.45) is 0 Å². The second-order valence-electron chi connectivity index (χ2n) is 9.27. The fourth-order valence-electron chi connectivity index (χ4n) is 5.23. The van der Waals surface area contributed by atoms with Gasteiger partial charge in [0.1, 0.15) is 5.75 Å². The lowest BCUT2D eigenvalue weighted by atomic mass is 9.90. The van der Waals surface area contributed by atoms with Crippen LogP contribution in [-0.4, -0.2) is 29.2 Å². The summed E-state index contributed by atoms with van der Waals surface area (Å²) in [5.74, 6) is 0.635. The predicted octanol–water partition coefficient (Wildman–Crippen LogP) is 4.91. The molecule has 35 heavy (non-hydrogen) atoms. The van der Waals surface area contributed by atoms with E-state index in [-0.39, 0.29) is 18.0 Å². The Hall–Kier alpha value is -4.26. The highest BCUT2D eigenvalue weighted by molar-refractivity contribution is 5.97.